The number of benzene rings is 1. The summed E-state index contributed by atoms with van der Waals surface area (Å²) < 4.78 is 12.5. The number of esters is 1. The lowest BCUT2D eigenvalue weighted by Gasteiger charge is -2.37. The van der Waals surface area contributed by atoms with Gasteiger partial charge < -0.3 is 24.4 Å². The maximum Gasteiger partial charge on any atom is 0.312 e. The lowest BCUT2D eigenvalue weighted by atomic mass is 9.62. The van der Waals surface area contributed by atoms with Gasteiger partial charge in [-0.25, -0.2) is 0 Å². The standard InChI is InChI=1S/C33H46N2O6/c1-7-9-19-40-31(39)27-26-29(37)35(17-12-10-11-13-18-36)28(33(26)21-24(5)32(27,6)41-33)30(38)34(16-8-2)25-20-22(3)14-15-23(25)4/h7-8,14-15,20,24,26-28,36H,1-2,9-13,16-19,21H2,3-6H3/t24?,26-,27-,28?,32+,33?/m0/s1. The number of nitrogens with zero attached hydrogens (tertiary/aromatic N) is 2. The Kier molecular flexibility index (Phi) is 9.44. The van der Waals surface area contributed by atoms with E-state index in [4.69, 9.17) is 9.47 Å². The molecule has 3 heterocycles. The van der Waals surface area contributed by atoms with Crippen LogP contribution in [0.3, 0.4) is 0 Å². The topological polar surface area (TPSA) is 96.4 Å². The van der Waals surface area contributed by atoms with Crippen molar-refractivity contribution in [2.75, 3.05) is 31.2 Å². The number of aliphatic hydroxyl groups is 1. The zero-order valence-electron chi connectivity index (χ0n) is 25.1. The number of fused-ring (bicyclic) bond motifs is 1. The van der Waals surface area contributed by atoms with Crippen LogP contribution in [0.5, 0.6) is 0 Å². The fourth-order valence-corrected chi connectivity index (χ4v) is 7.29. The number of carbonyl (C=O) groups is 3. The highest BCUT2D eigenvalue weighted by Gasteiger charge is 2.80. The number of hydrogen-bond donors (Lipinski definition) is 1. The maximum absolute atomic E-state index is 14.8. The quantitative estimate of drug-likeness (QED) is 0.202. The zero-order chi connectivity index (χ0) is 29.9. The van der Waals surface area contributed by atoms with Gasteiger partial charge >= 0.3 is 5.97 Å². The minimum atomic E-state index is -1.13. The fraction of sp³-hybridized carbons (Fsp3) is 0.606. The molecule has 0 saturated carbocycles. The van der Waals surface area contributed by atoms with Gasteiger partial charge in [-0.2, -0.15) is 0 Å². The van der Waals surface area contributed by atoms with Crippen molar-refractivity contribution in [2.24, 2.45) is 17.8 Å². The van der Waals surface area contributed by atoms with E-state index < -0.39 is 35.0 Å². The molecule has 3 aliphatic heterocycles. The average molecular weight is 567 g/mol. The summed E-state index contributed by atoms with van der Waals surface area (Å²) in [6.07, 6.45) is 7.43. The molecule has 3 saturated heterocycles. The Labute approximate surface area is 244 Å². The minimum Gasteiger partial charge on any atom is -0.465 e. The second kappa shape index (κ2) is 12.5. The van der Waals surface area contributed by atoms with Gasteiger partial charge in [-0.3, -0.25) is 14.4 Å². The van der Waals surface area contributed by atoms with E-state index in [1.54, 1.807) is 22.0 Å². The number of aliphatic hydroxyl groups excluding tert-OH is 1. The molecular weight excluding hydrogens is 520 g/mol. The molecular formula is C33H46N2O6. The number of aryl methyl sites for hydroxylation is 2. The molecule has 1 N–H and O–H groups in total. The monoisotopic (exact) mass is 566 g/mol. The van der Waals surface area contributed by atoms with E-state index in [-0.39, 0.29) is 37.5 Å². The van der Waals surface area contributed by atoms with Gasteiger partial charge in [0.2, 0.25) is 5.91 Å². The highest BCUT2D eigenvalue weighted by atomic mass is 16.6. The van der Waals surface area contributed by atoms with Crippen molar-refractivity contribution in [3.63, 3.8) is 0 Å². The van der Waals surface area contributed by atoms with Crippen LogP contribution in [0, 0.1) is 31.6 Å². The number of hydrogen-bond acceptors (Lipinski definition) is 6. The third kappa shape index (κ3) is 5.37. The van der Waals surface area contributed by atoms with Crippen LogP contribution in [0.25, 0.3) is 0 Å². The highest BCUT2D eigenvalue weighted by molar-refractivity contribution is 6.05. The van der Waals surface area contributed by atoms with Gasteiger partial charge in [0.05, 0.1) is 18.1 Å². The van der Waals surface area contributed by atoms with E-state index in [1.165, 1.54) is 0 Å². The zero-order valence-corrected chi connectivity index (χ0v) is 25.1. The number of ether oxygens (including phenoxy) is 2. The Morgan fingerprint density at radius 1 is 1.20 bits per heavy atom. The predicted molar refractivity (Wildman–Crippen MR) is 158 cm³/mol. The average Bonchev–Trinajstić information content (AvgIpc) is 3.45. The van der Waals surface area contributed by atoms with Crippen LogP contribution in [0.1, 0.15) is 63.5 Å². The van der Waals surface area contributed by atoms with Crippen molar-refractivity contribution in [3.8, 4) is 0 Å². The Balaban J connectivity index is 1.77. The summed E-state index contributed by atoms with van der Waals surface area (Å²) >= 11 is 0. The molecule has 224 valence electrons. The van der Waals surface area contributed by atoms with Crippen molar-refractivity contribution < 1.29 is 29.0 Å². The summed E-state index contributed by atoms with van der Waals surface area (Å²) in [4.78, 5) is 46.0. The summed E-state index contributed by atoms with van der Waals surface area (Å²) in [6, 6.07) is 5.10. The Morgan fingerprint density at radius 3 is 2.61 bits per heavy atom. The SMILES string of the molecule is C=CCCOC(=O)[C@@H]1[C@H]2C(=O)N(CCCCCCO)C(C(=O)N(CC=C)c3cc(C)ccc3C)C23CC(C)[C@@]1(C)O3. The number of rotatable bonds is 14. The number of carbonyl (C=O) groups excluding carboxylic acids is 3. The first kappa shape index (κ1) is 31.0. The van der Waals surface area contributed by atoms with Crippen LogP contribution in [0.4, 0.5) is 5.69 Å². The molecule has 8 heteroatoms. The molecule has 3 fully saturated rings. The number of unbranched alkanes of at least 4 members (excludes halogenated alkanes) is 3. The first-order valence-corrected chi connectivity index (χ1v) is 15.0. The number of anilines is 1. The molecule has 1 aromatic carbocycles. The van der Waals surface area contributed by atoms with E-state index >= 15 is 0 Å². The van der Waals surface area contributed by atoms with Gasteiger partial charge in [0.15, 0.2) is 0 Å². The number of amides is 2. The third-order valence-corrected chi connectivity index (χ3v) is 9.41. The lowest BCUT2D eigenvalue weighted by molar-refractivity contribution is -0.161. The third-order valence-electron chi connectivity index (χ3n) is 9.41. The van der Waals surface area contributed by atoms with Crippen LogP contribution in [0.2, 0.25) is 0 Å². The number of likely N-dealkylation sites (tertiary alicyclic amines) is 1. The molecule has 6 atom stereocenters. The summed E-state index contributed by atoms with van der Waals surface area (Å²) in [5.41, 5.74) is 0.693. The van der Waals surface area contributed by atoms with Crippen molar-refractivity contribution in [1.82, 2.24) is 4.90 Å². The lowest BCUT2D eigenvalue weighted by Crippen LogP contribution is -2.57. The molecule has 1 spiro atoms. The van der Waals surface area contributed by atoms with Gasteiger partial charge in [-0.05, 0) is 69.6 Å². The van der Waals surface area contributed by atoms with Gasteiger partial charge in [0.25, 0.3) is 5.91 Å². The molecule has 8 nitrogen and oxygen atoms in total. The smallest absolute Gasteiger partial charge is 0.312 e. The first-order valence-electron chi connectivity index (χ1n) is 15.0. The van der Waals surface area contributed by atoms with Crippen LogP contribution < -0.4 is 4.90 Å². The molecule has 0 radical (unpaired) electrons. The second-order valence-corrected chi connectivity index (χ2v) is 12.1. The predicted octanol–water partition coefficient (Wildman–Crippen LogP) is 4.51. The van der Waals surface area contributed by atoms with E-state index in [0.717, 1.165) is 29.7 Å². The molecule has 2 bridgehead atoms. The van der Waals surface area contributed by atoms with Crippen LogP contribution >= 0.6 is 0 Å². The molecule has 0 aliphatic carbocycles. The van der Waals surface area contributed by atoms with E-state index in [2.05, 4.69) is 13.2 Å². The summed E-state index contributed by atoms with van der Waals surface area (Å²) in [5.74, 6) is -2.54. The van der Waals surface area contributed by atoms with Crippen molar-refractivity contribution in [2.45, 2.75) is 83.5 Å². The van der Waals surface area contributed by atoms with E-state index in [0.29, 0.717) is 32.2 Å². The minimum absolute atomic E-state index is 0.0585. The van der Waals surface area contributed by atoms with E-state index in [1.807, 2.05) is 45.9 Å². The molecule has 3 aliphatic rings. The van der Waals surface area contributed by atoms with Crippen molar-refractivity contribution >= 4 is 23.5 Å². The van der Waals surface area contributed by atoms with Crippen LogP contribution in [-0.4, -0.2) is 71.3 Å². The molecule has 0 aromatic heterocycles. The molecule has 1 aromatic rings. The largest absolute Gasteiger partial charge is 0.465 e. The summed E-state index contributed by atoms with van der Waals surface area (Å²) in [6.45, 7) is 16.5. The maximum atomic E-state index is 14.8. The van der Waals surface area contributed by atoms with Gasteiger partial charge in [0, 0.05) is 25.4 Å². The molecule has 2 amide bonds. The first-order chi connectivity index (χ1) is 19.6. The fourth-order valence-electron chi connectivity index (χ4n) is 7.29. The van der Waals surface area contributed by atoms with Gasteiger partial charge in [-0.15, -0.1) is 13.2 Å². The normalized spacial score (nSPS) is 29.9. The Morgan fingerprint density at radius 2 is 1.93 bits per heavy atom. The van der Waals surface area contributed by atoms with Crippen LogP contribution in [-0.2, 0) is 23.9 Å². The molecule has 41 heavy (non-hydrogen) atoms. The summed E-state index contributed by atoms with van der Waals surface area (Å²) in [7, 11) is 0. The van der Waals surface area contributed by atoms with Crippen molar-refractivity contribution in [3.05, 3.63) is 54.6 Å². The van der Waals surface area contributed by atoms with Crippen LogP contribution in [0.15, 0.2) is 43.5 Å². The van der Waals surface area contributed by atoms with Crippen molar-refractivity contribution in [1.29, 1.82) is 0 Å². The highest BCUT2D eigenvalue weighted by Crippen LogP contribution is 2.65. The van der Waals surface area contributed by atoms with Gasteiger partial charge in [0.1, 0.15) is 17.6 Å². The van der Waals surface area contributed by atoms with E-state index in [9.17, 15) is 19.5 Å². The molecule has 4 rings (SSSR count). The van der Waals surface area contributed by atoms with Gasteiger partial charge in [-0.1, -0.05) is 44.1 Å². The summed E-state index contributed by atoms with van der Waals surface area (Å²) in [5, 5.41) is 9.19. The Bertz CT molecular complexity index is 1180. The Hall–Kier alpha value is -2.97. The second-order valence-electron chi connectivity index (χ2n) is 12.1. The molecule has 3 unspecified atom stereocenters.